The van der Waals surface area contributed by atoms with E-state index in [1.54, 1.807) is 18.6 Å². The Labute approximate surface area is 128 Å². The van der Waals surface area contributed by atoms with E-state index >= 15 is 0 Å². The second kappa shape index (κ2) is 5.47. The Morgan fingerprint density at radius 3 is 2.77 bits per heavy atom. The number of hydrogen-bond acceptors (Lipinski definition) is 6. The van der Waals surface area contributed by atoms with Gasteiger partial charge in [-0.05, 0) is 5.41 Å². The van der Waals surface area contributed by atoms with Crippen molar-refractivity contribution in [1.82, 2.24) is 25.0 Å². The smallest absolute Gasteiger partial charge is 0.233 e. The molecule has 0 saturated carbocycles. The monoisotopic (exact) mass is 301 g/mol. The molecule has 3 heterocycles. The molecule has 0 N–H and O–H groups in total. The van der Waals surface area contributed by atoms with Gasteiger partial charge in [0.2, 0.25) is 17.6 Å². The topological polar surface area (TPSA) is 85.0 Å². The third kappa shape index (κ3) is 3.13. The summed E-state index contributed by atoms with van der Waals surface area (Å²) in [5.41, 5.74) is 0.587. The van der Waals surface area contributed by atoms with Crippen molar-refractivity contribution in [2.45, 2.75) is 33.1 Å². The van der Waals surface area contributed by atoms with Gasteiger partial charge in [0.1, 0.15) is 5.69 Å². The van der Waals surface area contributed by atoms with Crippen molar-refractivity contribution in [1.29, 1.82) is 0 Å². The van der Waals surface area contributed by atoms with Crippen LogP contribution >= 0.6 is 0 Å². The fraction of sp³-hybridized carbons (Fsp3) is 0.533. The van der Waals surface area contributed by atoms with Gasteiger partial charge >= 0.3 is 0 Å². The van der Waals surface area contributed by atoms with Gasteiger partial charge in [0, 0.05) is 31.9 Å². The fourth-order valence-corrected chi connectivity index (χ4v) is 2.32. The molecule has 0 unspecified atom stereocenters. The van der Waals surface area contributed by atoms with Gasteiger partial charge in [-0.1, -0.05) is 25.9 Å². The van der Waals surface area contributed by atoms with Gasteiger partial charge in [-0.3, -0.25) is 9.78 Å². The van der Waals surface area contributed by atoms with Crippen molar-refractivity contribution in [3.63, 3.8) is 0 Å². The Kier molecular flexibility index (Phi) is 3.64. The molecule has 1 fully saturated rings. The molecule has 1 aliphatic rings. The maximum atomic E-state index is 12.1. The summed E-state index contributed by atoms with van der Waals surface area (Å²) in [5, 5.41) is 3.93. The van der Waals surface area contributed by atoms with Gasteiger partial charge in [0.15, 0.2) is 0 Å². The van der Waals surface area contributed by atoms with Crippen LogP contribution in [0.5, 0.6) is 0 Å². The molecule has 1 saturated heterocycles. The van der Waals surface area contributed by atoms with E-state index in [0.29, 0.717) is 36.9 Å². The molecular weight excluding hydrogens is 282 g/mol. The highest BCUT2D eigenvalue weighted by atomic mass is 16.5. The van der Waals surface area contributed by atoms with E-state index in [9.17, 15) is 4.79 Å². The second-order valence-electron chi connectivity index (χ2n) is 6.78. The molecule has 2 aromatic rings. The van der Waals surface area contributed by atoms with Crippen molar-refractivity contribution in [2.75, 3.05) is 13.1 Å². The van der Waals surface area contributed by atoms with E-state index in [-0.39, 0.29) is 17.2 Å². The molecular formula is C15H19N5O2. The van der Waals surface area contributed by atoms with Crippen LogP contribution in [0.1, 0.15) is 39.0 Å². The van der Waals surface area contributed by atoms with Crippen LogP contribution in [0.15, 0.2) is 23.1 Å². The number of carbonyl (C=O) groups is 1. The first-order valence-electron chi connectivity index (χ1n) is 7.30. The lowest BCUT2D eigenvalue weighted by atomic mass is 9.90. The van der Waals surface area contributed by atoms with Gasteiger partial charge in [-0.2, -0.15) is 4.98 Å². The predicted octanol–water partition coefficient (Wildman–Crippen LogP) is 1.89. The molecule has 1 amide bonds. The summed E-state index contributed by atoms with van der Waals surface area (Å²) in [5.74, 6) is 1.28. The minimum atomic E-state index is 0.00576. The van der Waals surface area contributed by atoms with Gasteiger partial charge in [-0.25, -0.2) is 4.98 Å². The largest absolute Gasteiger partial charge is 0.341 e. The normalized spacial score (nSPS) is 15.7. The molecule has 0 aromatic carbocycles. The zero-order valence-electron chi connectivity index (χ0n) is 13.0. The molecule has 0 bridgehead atoms. The first kappa shape index (κ1) is 14.6. The van der Waals surface area contributed by atoms with E-state index in [1.807, 2.05) is 4.90 Å². The summed E-state index contributed by atoms with van der Waals surface area (Å²) in [7, 11) is 0. The van der Waals surface area contributed by atoms with Crippen LogP contribution in [-0.4, -0.2) is 44.0 Å². The molecule has 7 nitrogen and oxygen atoms in total. The van der Waals surface area contributed by atoms with Crippen molar-refractivity contribution >= 4 is 5.91 Å². The molecule has 3 rings (SSSR count). The van der Waals surface area contributed by atoms with E-state index < -0.39 is 0 Å². The number of likely N-dealkylation sites (tertiary alicyclic amines) is 1. The van der Waals surface area contributed by atoms with Gasteiger partial charge in [0.05, 0.1) is 12.1 Å². The number of hydrogen-bond donors (Lipinski definition) is 0. The SMILES string of the molecule is CC(C)(C)CC(=O)N1CC(c2nc(-c3cnccn3)no2)C1. The van der Waals surface area contributed by atoms with E-state index in [1.165, 1.54) is 0 Å². The summed E-state index contributed by atoms with van der Waals surface area (Å²) in [6, 6.07) is 0. The lowest BCUT2D eigenvalue weighted by Gasteiger charge is -2.38. The minimum absolute atomic E-state index is 0.00576. The Balaban J connectivity index is 1.60. The van der Waals surface area contributed by atoms with Crippen LogP contribution in [0.2, 0.25) is 0 Å². The van der Waals surface area contributed by atoms with Crippen LogP contribution < -0.4 is 0 Å². The number of carbonyl (C=O) groups excluding carboxylic acids is 1. The number of amides is 1. The van der Waals surface area contributed by atoms with Crippen LogP contribution in [0.3, 0.4) is 0 Å². The summed E-state index contributed by atoms with van der Waals surface area (Å²) < 4.78 is 5.29. The average Bonchev–Trinajstić information content (AvgIpc) is 2.85. The Morgan fingerprint density at radius 2 is 2.14 bits per heavy atom. The third-order valence-corrected chi connectivity index (χ3v) is 3.50. The molecule has 0 aliphatic carbocycles. The average molecular weight is 301 g/mol. The molecule has 1 aliphatic heterocycles. The zero-order valence-corrected chi connectivity index (χ0v) is 13.0. The standard InChI is InChI=1S/C15H19N5O2/c1-15(2,3)6-12(21)20-8-10(9-20)14-18-13(19-22-14)11-7-16-4-5-17-11/h4-5,7,10H,6,8-9H2,1-3H3. The third-order valence-electron chi connectivity index (χ3n) is 3.50. The minimum Gasteiger partial charge on any atom is -0.341 e. The molecule has 22 heavy (non-hydrogen) atoms. The number of rotatable bonds is 3. The molecule has 0 radical (unpaired) electrons. The van der Waals surface area contributed by atoms with Crippen LogP contribution in [0.4, 0.5) is 0 Å². The lowest BCUT2D eigenvalue weighted by Crippen LogP contribution is -2.49. The molecule has 116 valence electrons. The van der Waals surface area contributed by atoms with Gasteiger partial charge in [0.25, 0.3) is 0 Å². The van der Waals surface area contributed by atoms with E-state index in [0.717, 1.165) is 0 Å². The van der Waals surface area contributed by atoms with Crippen LogP contribution in [0, 0.1) is 5.41 Å². The molecule has 2 aromatic heterocycles. The second-order valence-corrected chi connectivity index (χ2v) is 6.78. The maximum absolute atomic E-state index is 12.1. The maximum Gasteiger partial charge on any atom is 0.233 e. The number of aromatic nitrogens is 4. The predicted molar refractivity (Wildman–Crippen MR) is 78.7 cm³/mol. The molecule has 7 heteroatoms. The van der Waals surface area contributed by atoms with E-state index in [4.69, 9.17) is 4.52 Å². The summed E-state index contributed by atoms with van der Waals surface area (Å²) in [6.07, 6.45) is 5.32. The highest BCUT2D eigenvalue weighted by Crippen LogP contribution is 2.29. The molecule has 0 atom stereocenters. The Bertz CT molecular complexity index is 656. The Hall–Kier alpha value is -2.31. The van der Waals surface area contributed by atoms with Crippen LogP contribution in [-0.2, 0) is 4.79 Å². The Morgan fingerprint density at radius 1 is 1.36 bits per heavy atom. The van der Waals surface area contributed by atoms with Crippen molar-refractivity contribution in [2.24, 2.45) is 5.41 Å². The van der Waals surface area contributed by atoms with Crippen molar-refractivity contribution in [3.05, 3.63) is 24.5 Å². The van der Waals surface area contributed by atoms with Crippen molar-refractivity contribution < 1.29 is 9.32 Å². The zero-order chi connectivity index (χ0) is 15.7. The first-order valence-corrected chi connectivity index (χ1v) is 7.30. The van der Waals surface area contributed by atoms with Gasteiger partial charge in [-0.15, -0.1) is 0 Å². The fourth-order valence-electron chi connectivity index (χ4n) is 2.32. The summed E-state index contributed by atoms with van der Waals surface area (Å²) in [6.45, 7) is 7.46. The highest BCUT2D eigenvalue weighted by Gasteiger charge is 2.36. The first-order chi connectivity index (χ1) is 10.4. The molecule has 0 spiro atoms. The summed E-state index contributed by atoms with van der Waals surface area (Å²) >= 11 is 0. The quantitative estimate of drug-likeness (QED) is 0.860. The van der Waals surface area contributed by atoms with Crippen molar-refractivity contribution in [3.8, 4) is 11.5 Å². The van der Waals surface area contributed by atoms with Crippen LogP contribution in [0.25, 0.3) is 11.5 Å². The number of nitrogens with zero attached hydrogens (tertiary/aromatic N) is 5. The lowest BCUT2D eigenvalue weighted by molar-refractivity contribution is -0.137. The highest BCUT2D eigenvalue weighted by molar-refractivity contribution is 5.77. The summed E-state index contributed by atoms with van der Waals surface area (Å²) in [4.78, 5) is 26.4. The van der Waals surface area contributed by atoms with E-state index in [2.05, 4.69) is 40.9 Å². The van der Waals surface area contributed by atoms with Gasteiger partial charge < -0.3 is 9.42 Å².